The maximum Gasteiger partial charge on any atom is 0.319 e. The summed E-state index contributed by atoms with van der Waals surface area (Å²) < 4.78 is 0. The maximum absolute atomic E-state index is 12.0. The average molecular weight is 317 g/mol. The SMILES string of the molecule is Cc1nc(-c2cccc(NC(=O)NCC(C)(C)CCO)c2)n[nH]1. The Morgan fingerprint density at radius 2 is 2.17 bits per heavy atom. The molecule has 124 valence electrons. The van der Waals surface area contributed by atoms with Crippen LogP contribution in [-0.2, 0) is 0 Å². The van der Waals surface area contributed by atoms with E-state index in [-0.39, 0.29) is 18.1 Å². The number of amides is 2. The number of aliphatic hydroxyl groups excluding tert-OH is 1. The summed E-state index contributed by atoms with van der Waals surface area (Å²) in [6.45, 7) is 6.42. The minimum Gasteiger partial charge on any atom is -0.396 e. The third kappa shape index (κ3) is 5.07. The molecule has 0 spiro atoms. The fourth-order valence-corrected chi connectivity index (χ4v) is 2.09. The summed E-state index contributed by atoms with van der Waals surface area (Å²) in [4.78, 5) is 16.3. The number of nitrogens with zero attached hydrogens (tertiary/aromatic N) is 2. The van der Waals surface area contributed by atoms with E-state index in [1.165, 1.54) is 0 Å². The number of rotatable bonds is 6. The quantitative estimate of drug-likeness (QED) is 0.656. The Morgan fingerprint density at radius 3 is 2.83 bits per heavy atom. The van der Waals surface area contributed by atoms with Crippen molar-refractivity contribution in [1.29, 1.82) is 0 Å². The van der Waals surface area contributed by atoms with Gasteiger partial charge in [0.05, 0.1) is 0 Å². The zero-order valence-corrected chi connectivity index (χ0v) is 13.7. The van der Waals surface area contributed by atoms with E-state index in [1.54, 1.807) is 0 Å². The molecule has 1 aromatic heterocycles. The van der Waals surface area contributed by atoms with Crippen LogP contribution in [0.4, 0.5) is 10.5 Å². The fourth-order valence-electron chi connectivity index (χ4n) is 2.09. The number of nitrogens with one attached hydrogen (secondary N) is 3. The third-order valence-corrected chi connectivity index (χ3v) is 3.49. The van der Waals surface area contributed by atoms with Crippen LogP contribution in [0, 0.1) is 12.3 Å². The van der Waals surface area contributed by atoms with Crippen LogP contribution >= 0.6 is 0 Å². The lowest BCUT2D eigenvalue weighted by atomic mass is 9.90. The van der Waals surface area contributed by atoms with Gasteiger partial charge >= 0.3 is 6.03 Å². The molecule has 7 nitrogen and oxygen atoms in total. The van der Waals surface area contributed by atoms with E-state index in [2.05, 4.69) is 25.8 Å². The van der Waals surface area contributed by atoms with Gasteiger partial charge in [-0.05, 0) is 30.9 Å². The van der Waals surface area contributed by atoms with Crippen LogP contribution in [0.25, 0.3) is 11.4 Å². The van der Waals surface area contributed by atoms with Gasteiger partial charge in [0.25, 0.3) is 0 Å². The average Bonchev–Trinajstić information content (AvgIpc) is 2.92. The van der Waals surface area contributed by atoms with E-state index >= 15 is 0 Å². The first-order valence-corrected chi connectivity index (χ1v) is 7.55. The number of anilines is 1. The molecule has 23 heavy (non-hydrogen) atoms. The van der Waals surface area contributed by atoms with Crippen molar-refractivity contribution in [1.82, 2.24) is 20.5 Å². The molecule has 0 radical (unpaired) electrons. The van der Waals surface area contributed by atoms with Gasteiger partial charge in [-0.1, -0.05) is 26.0 Å². The largest absolute Gasteiger partial charge is 0.396 e. The Kier molecular flexibility index (Phi) is 5.33. The molecule has 0 atom stereocenters. The Balaban J connectivity index is 1.96. The van der Waals surface area contributed by atoms with E-state index < -0.39 is 0 Å². The molecule has 0 aliphatic carbocycles. The molecule has 4 N–H and O–H groups in total. The van der Waals surface area contributed by atoms with E-state index in [9.17, 15) is 4.79 Å². The van der Waals surface area contributed by atoms with E-state index in [4.69, 9.17) is 5.11 Å². The summed E-state index contributed by atoms with van der Waals surface area (Å²) in [5.41, 5.74) is 1.35. The van der Waals surface area contributed by atoms with Crippen LogP contribution in [-0.4, -0.2) is 39.5 Å². The lowest BCUT2D eigenvalue weighted by Crippen LogP contribution is -2.37. The van der Waals surface area contributed by atoms with Crippen LogP contribution in [0.15, 0.2) is 24.3 Å². The number of carbonyl (C=O) groups excluding carboxylic acids is 1. The van der Waals surface area contributed by atoms with Crippen molar-refractivity contribution in [3.05, 3.63) is 30.1 Å². The van der Waals surface area contributed by atoms with Crippen LogP contribution in [0.2, 0.25) is 0 Å². The first-order chi connectivity index (χ1) is 10.9. The first kappa shape index (κ1) is 17.0. The molecule has 0 aliphatic heterocycles. The number of carbonyl (C=O) groups is 1. The molecular formula is C16H23N5O2. The lowest BCUT2D eigenvalue weighted by molar-refractivity contribution is 0.204. The van der Waals surface area contributed by atoms with Gasteiger partial charge in [0.15, 0.2) is 5.82 Å². The standard InChI is InChI=1S/C16H23N5O2/c1-11-18-14(21-20-11)12-5-4-6-13(9-12)19-15(23)17-10-16(2,3)7-8-22/h4-6,9,22H,7-8,10H2,1-3H3,(H2,17,19,23)(H,18,20,21). The molecule has 0 fully saturated rings. The molecule has 0 saturated heterocycles. The van der Waals surface area contributed by atoms with Crippen LogP contribution in [0.5, 0.6) is 0 Å². The lowest BCUT2D eigenvalue weighted by Gasteiger charge is -2.23. The maximum atomic E-state index is 12.0. The number of aromatic nitrogens is 3. The van der Waals surface area contributed by atoms with Crippen molar-refractivity contribution < 1.29 is 9.90 Å². The van der Waals surface area contributed by atoms with Gasteiger partial charge in [0.1, 0.15) is 5.82 Å². The van der Waals surface area contributed by atoms with Gasteiger partial charge in [-0.25, -0.2) is 9.78 Å². The summed E-state index contributed by atoms with van der Waals surface area (Å²) in [5.74, 6) is 1.33. The second-order valence-electron chi connectivity index (χ2n) is 6.27. The fraction of sp³-hybridized carbons (Fsp3) is 0.438. The number of benzene rings is 1. The number of aryl methyl sites for hydroxylation is 1. The molecule has 1 heterocycles. The van der Waals surface area contributed by atoms with Crippen molar-refractivity contribution in [2.75, 3.05) is 18.5 Å². The van der Waals surface area contributed by atoms with Gasteiger partial charge in [-0.15, -0.1) is 0 Å². The summed E-state index contributed by atoms with van der Waals surface area (Å²) >= 11 is 0. The van der Waals surface area contributed by atoms with Crippen molar-refractivity contribution in [2.24, 2.45) is 5.41 Å². The summed E-state index contributed by atoms with van der Waals surface area (Å²) in [5, 5.41) is 21.5. The molecule has 1 aromatic carbocycles. The van der Waals surface area contributed by atoms with Gasteiger partial charge < -0.3 is 15.7 Å². The smallest absolute Gasteiger partial charge is 0.319 e. The third-order valence-electron chi connectivity index (χ3n) is 3.49. The minimum atomic E-state index is -0.278. The van der Waals surface area contributed by atoms with Crippen molar-refractivity contribution >= 4 is 11.7 Å². The highest BCUT2D eigenvalue weighted by Gasteiger charge is 2.18. The van der Waals surface area contributed by atoms with E-state index in [0.717, 1.165) is 11.4 Å². The molecule has 0 saturated carbocycles. The Morgan fingerprint density at radius 1 is 1.39 bits per heavy atom. The molecule has 0 aliphatic rings. The highest BCUT2D eigenvalue weighted by molar-refractivity contribution is 5.89. The number of aromatic amines is 1. The number of hydrogen-bond acceptors (Lipinski definition) is 4. The summed E-state index contributed by atoms with van der Waals surface area (Å²) in [7, 11) is 0. The molecule has 2 amide bonds. The monoisotopic (exact) mass is 317 g/mol. The van der Waals surface area contributed by atoms with Crippen LogP contribution in [0.1, 0.15) is 26.1 Å². The predicted molar refractivity (Wildman–Crippen MR) is 89.1 cm³/mol. The molecule has 0 bridgehead atoms. The predicted octanol–water partition coefficient (Wildman–Crippen LogP) is 2.31. The normalized spacial score (nSPS) is 11.3. The zero-order valence-electron chi connectivity index (χ0n) is 13.7. The van der Waals surface area contributed by atoms with Crippen molar-refractivity contribution in [2.45, 2.75) is 27.2 Å². The van der Waals surface area contributed by atoms with Crippen LogP contribution in [0.3, 0.4) is 0 Å². The van der Waals surface area contributed by atoms with E-state index in [1.807, 2.05) is 45.0 Å². The van der Waals surface area contributed by atoms with Gasteiger partial charge in [-0.3, -0.25) is 5.10 Å². The number of H-pyrrole nitrogens is 1. The Bertz CT molecular complexity index is 666. The van der Waals surface area contributed by atoms with Gasteiger partial charge in [0, 0.05) is 24.4 Å². The summed E-state index contributed by atoms with van der Waals surface area (Å²) in [6, 6.07) is 7.07. The highest BCUT2D eigenvalue weighted by Crippen LogP contribution is 2.20. The minimum absolute atomic E-state index is 0.106. The van der Waals surface area contributed by atoms with Gasteiger partial charge in [-0.2, -0.15) is 5.10 Å². The van der Waals surface area contributed by atoms with E-state index in [0.29, 0.717) is 24.5 Å². The second-order valence-corrected chi connectivity index (χ2v) is 6.27. The topological polar surface area (TPSA) is 103 Å². The van der Waals surface area contributed by atoms with Crippen molar-refractivity contribution in [3.63, 3.8) is 0 Å². The second kappa shape index (κ2) is 7.23. The molecule has 2 rings (SSSR count). The molecule has 2 aromatic rings. The van der Waals surface area contributed by atoms with Gasteiger partial charge in [0.2, 0.25) is 0 Å². The zero-order chi connectivity index (χ0) is 16.9. The number of urea groups is 1. The number of aliphatic hydroxyl groups is 1. The summed E-state index contributed by atoms with van der Waals surface area (Å²) in [6.07, 6.45) is 0.632. The molecule has 0 unspecified atom stereocenters. The van der Waals surface area contributed by atoms with Crippen molar-refractivity contribution in [3.8, 4) is 11.4 Å². The Labute approximate surface area is 135 Å². The Hall–Kier alpha value is -2.41. The van der Waals surface area contributed by atoms with Crippen LogP contribution < -0.4 is 10.6 Å². The highest BCUT2D eigenvalue weighted by atomic mass is 16.3. The molecular weight excluding hydrogens is 294 g/mol. The molecule has 7 heteroatoms. The number of hydrogen-bond donors (Lipinski definition) is 4. The first-order valence-electron chi connectivity index (χ1n) is 7.55.